The highest BCUT2D eigenvalue weighted by Crippen LogP contribution is 2.15. The van der Waals surface area contributed by atoms with Crippen LogP contribution in [0.4, 0.5) is 0 Å². The normalized spacial score (nSPS) is 10.4. The molecule has 0 aromatic carbocycles. The quantitative estimate of drug-likeness (QED) is 0.736. The lowest BCUT2D eigenvalue weighted by Crippen LogP contribution is -2.08. The largest absolute Gasteiger partial charge is 0.495 e. The van der Waals surface area contributed by atoms with E-state index in [1.165, 1.54) is 6.20 Å². The number of methoxy groups -OCH3 is 1. The van der Waals surface area contributed by atoms with E-state index in [1.54, 1.807) is 13.2 Å². The number of aromatic nitrogens is 2. The molecular weight excluding hydrogens is 180 g/mol. The molecule has 0 aliphatic rings. The predicted octanol–water partition coefficient (Wildman–Crippen LogP) is 1.24. The van der Waals surface area contributed by atoms with E-state index in [-0.39, 0.29) is 5.56 Å². The number of hydrogen-bond donors (Lipinski definition) is 1. The van der Waals surface area contributed by atoms with Crippen LogP contribution >= 0.6 is 0 Å². The Morgan fingerprint density at radius 2 is 2.21 bits per heavy atom. The fourth-order valence-electron chi connectivity index (χ4n) is 1.38. The van der Waals surface area contributed by atoms with Crippen LogP contribution in [0, 0.1) is 6.92 Å². The molecule has 0 aliphatic carbocycles. The van der Waals surface area contributed by atoms with Crippen molar-refractivity contribution in [1.82, 2.24) is 9.97 Å². The van der Waals surface area contributed by atoms with Crippen LogP contribution in [-0.4, -0.2) is 17.1 Å². The highest BCUT2D eigenvalue weighted by molar-refractivity contribution is 5.78. The van der Waals surface area contributed by atoms with Gasteiger partial charge in [0, 0.05) is 11.1 Å². The zero-order valence-corrected chi connectivity index (χ0v) is 8.00. The second-order valence-corrected chi connectivity index (χ2v) is 3.09. The summed E-state index contributed by atoms with van der Waals surface area (Å²) in [6, 6.07) is 3.66. The second kappa shape index (κ2) is 3.14. The summed E-state index contributed by atoms with van der Waals surface area (Å²) in [6.45, 7) is 1.83. The van der Waals surface area contributed by atoms with E-state index in [0.29, 0.717) is 11.3 Å². The lowest BCUT2D eigenvalue weighted by molar-refractivity contribution is 0.413. The van der Waals surface area contributed by atoms with Crippen molar-refractivity contribution in [1.29, 1.82) is 0 Å². The van der Waals surface area contributed by atoms with Crippen molar-refractivity contribution < 1.29 is 4.74 Å². The Morgan fingerprint density at radius 1 is 1.43 bits per heavy atom. The SMILES string of the molecule is COc1cnc2c(=O)[nH]c(C)cc2c1. The maximum Gasteiger partial charge on any atom is 0.274 e. The van der Waals surface area contributed by atoms with Crippen molar-refractivity contribution in [2.75, 3.05) is 7.11 Å². The van der Waals surface area contributed by atoms with E-state index in [0.717, 1.165) is 11.1 Å². The van der Waals surface area contributed by atoms with Crippen LogP contribution in [0.1, 0.15) is 5.69 Å². The van der Waals surface area contributed by atoms with Gasteiger partial charge in [0.25, 0.3) is 5.56 Å². The highest BCUT2D eigenvalue weighted by atomic mass is 16.5. The van der Waals surface area contributed by atoms with E-state index in [1.807, 2.05) is 13.0 Å². The van der Waals surface area contributed by atoms with Crippen LogP contribution < -0.4 is 10.3 Å². The van der Waals surface area contributed by atoms with Gasteiger partial charge < -0.3 is 9.72 Å². The first-order chi connectivity index (χ1) is 6.70. The number of fused-ring (bicyclic) bond motifs is 1. The van der Waals surface area contributed by atoms with Crippen LogP contribution in [0.25, 0.3) is 10.9 Å². The van der Waals surface area contributed by atoms with Crippen LogP contribution in [-0.2, 0) is 0 Å². The van der Waals surface area contributed by atoms with Gasteiger partial charge in [-0.3, -0.25) is 4.79 Å². The van der Waals surface area contributed by atoms with Gasteiger partial charge in [-0.05, 0) is 19.1 Å². The Kier molecular flexibility index (Phi) is 1.96. The van der Waals surface area contributed by atoms with E-state index in [4.69, 9.17) is 4.74 Å². The van der Waals surface area contributed by atoms with E-state index in [2.05, 4.69) is 9.97 Å². The van der Waals surface area contributed by atoms with E-state index < -0.39 is 0 Å². The monoisotopic (exact) mass is 190 g/mol. The smallest absolute Gasteiger partial charge is 0.274 e. The van der Waals surface area contributed by atoms with Crippen LogP contribution in [0.15, 0.2) is 23.1 Å². The number of rotatable bonds is 1. The van der Waals surface area contributed by atoms with Crippen LogP contribution in [0.3, 0.4) is 0 Å². The number of H-pyrrole nitrogens is 1. The molecule has 2 rings (SSSR count). The van der Waals surface area contributed by atoms with Gasteiger partial charge in [-0.15, -0.1) is 0 Å². The predicted molar refractivity (Wildman–Crippen MR) is 53.7 cm³/mol. The Bertz CT molecular complexity index is 531. The molecule has 0 amide bonds. The van der Waals surface area contributed by atoms with Gasteiger partial charge in [0.05, 0.1) is 13.3 Å². The second-order valence-electron chi connectivity index (χ2n) is 3.09. The zero-order valence-electron chi connectivity index (χ0n) is 8.00. The van der Waals surface area contributed by atoms with Gasteiger partial charge in [-0.1, -0.05) is 0 Å². The van der Waals surface area contributed by atoms with Crippen molar-refractivity contribution in [3.8, 4) is 5.75 Å². The molecule has 0 fully saturated rings. The summed E-state index contributed by atoms with van der Waals surface area (Å²) < 4.78 is 5.03. The molecule has 4 nitrogen and oxygen atoms in total. The van der Waals surface area contributed by atoms with E-state index in [9.17, 15) is 4.79 Å². The highest BCUT2D eigenvalue weighted by Gasteiger charge is 2.02. The maximum absolute atomic E-state index is 11.4. The number of hydrogen-bond acceptors (Lipinski definition) is 3. The first-order valence-electron chi connectivity index (χ1n) is 4.24. The number of aromatic amines is 1. The Labute approximate surface area is 80.6 Å². The van der Waals surface area contributed by atoms with Crippen molar-refractivity contribution >= 4 is 10.9 Å². The molecule has 0 saturated carbocycles. The average molecular weight is 190 g/mol. The minimum Gasteiger partial charge on any atom is -0.495 e. The standard InChI is InChI=1S/C10H10N2O2/c1-6-3-7-4-8(14-2)5-11-9(7)10(13)12-6/h3-5H,1-2H3,(H,12,13). The molecule has 0 atom stereocenters. The van der Waals surface area contributed by atoms with Crippen LogP contribution in [0.5, 0.6) is 5.75 Å². The molecule has 1 N–H and O–H groups in total. The molecule has 4 heteroatoms. The third kappa shape index (κ3) is 1.35. The van der Waals surface area contributed by atoms with Crippen molar-refractivity contribution in [3.05, 3.63) is 34.4 Å². The summed E-state index contributed by atoms with van der Waals surface area (Å²) in [6.07, 6.45) is 1.53. The van der Waals surface area contributed by atoms with Gasteiger partial charge in [-0.2, -0.15) is 0 Å². The molecule has 14 heavy (non-hydrogen) atoms. The molecule has 2 aromatic rings. The number of pyridine rings is 2. The van der Waals surface area contributed by atoms with Gasteiger partial charge in [0.1, 0.15) is 11.3 Å². The number of nitrogens with zero attached hydrogens (tertiary/aromatic N) is 1. The summed E-state index contributed by atoms with van der Waals surface area (Å²) in [7, 11) is 1.57. The minimum atomic E-state index is -0.164. The molecule has 72 valence electrons. The summed E-state index contributed by atoms with van der Waals surface area (Å²) in [5.41, 5.74) is 1.09. The zero-order chi connectivity index (χ0) is 10.1. The number of ether oxygens (including phenoxy) is 1. The summed E-state index contributed by atoms with van der Waals surface area (Å²) in [5.74, 6) is 0.655. The summed E-state index contributed by atoms with van der Waals surface area (Å²) in [5, 5.41) is 0.797. The molecule has 2 heterocycles. The molecular formula is C10H10N2O2. The average Bonchev–Trinajstić information content (AvgIpc) is 2.16. The molecule has 0 aliphatic heterocycles. The van der Waals surface area contributed by atoms with Gasteiger partial charge in [0.15, 0.2) is 0 Å². The van der Waals surface area contributed by atoms with Crippen molar-refractivity contribution in [3.63, 3.8) is 0 Å². The van der Waals surface area contributed by atoms with Gasteiger partial charge >= 0.3 is 0 Å². The third-order valence-electron chi connectivity index (χ3n) is 2.03. The fourth-order valence-corrected chi connectivity index (χ4v) is 1.38. The Hall–Kier alpha value is -1.84. The lowest BCUT2D eigenvalue weighted by atomic mass is 10.2. The maximum atomic E-state index is 11.4. The minimum absolute atomic E-state index is 0.164. The lowest BCUT2D eigenvalue weighted by Gasteiger charge is -2.01. The Morgan fingerprint density at radius 3 is 2.93 bits per heavy atom. The first kappa shape index (κ1) is 8.74. The van der Waals surface area contributed by atoms with Gasteiger partial charge in [0.2, 0.25) is 0 Å². The number of nitrogens with one attached hydrogen (secondary N) is 1. The Balaban J connectivity index is 2.82. The van der Waals surface area contributed by atoms with Crippen LogP contribution in [0.2, 0.25) is 0 Å². The first-order valence-corrected chi connectivity index (χ1v) is 4.24. The summed E-state index contributed by atoms with van der Waals surface area (Å²) in [4.78, 5) is 18.2. The van der Waals surface area contributed by atoms with E-state index >= 15 is 0 Å². The molecule has 2 aromatic heterocycles. The number of aryl methyl sites for hydroxylation is 1. The van der Waals surface area contributed by atoms with Crippen molar-refractivity contribution in [2.24, 2.45) is 0 Å². The molecule has 0 saturated heterocycles. The molecule has 0 bridgehead atoms. The van der Waals surface area contributed by atoms with Gasteiger partial charge in [-0.25, -0.2) is 4.98 Å². The van der Waals surface area contributed by atoms with Crippen molar-refractivity contribution in [2.45, 2.75) is 6.92 Å². The third-order valence-corrected chi connectivity index (χ3v) is 2.03. The summed E-state index contributed by atoms with van der Waals surface area (Å²) >= 11 is 0. The fraction of sp³-hybridized carbons (Fsp3) is 0.200. The topological polar surface area (TPSA) is 55.0 Å². The molecule has 0 spiro atoms. The molecule has 0 radical (unpaired) electrons. The molecule has 0 unspecified atom stereocenters.